The summed E-state index contributed by atoms with van der Waals surface area (Å²) in [6, 6.07) is 5.45. The fourth-order valence-corrected chi connectivity index (χ4v) is 2.30. The molecule has 3 nitrogen and oxygen atoms in total. The van der Waals surface area contributed by atoms with E-state index in [4.69, 9.17) is 0 Å². The van der Waals surface area contributed by atoms with E-state index in [1.807, 2.05) is 6.20 Å². The summed E-state index contributed by atoms with van der Waals surface area (Å²) in [6.45, 7) is 5.45. The molecule has 1 heterocycles. The van der Waals surface area contributed by atoms with Crippen LogP contribution in [-0.4, -0.2) is 24.6 Å². The van der Waals surface area contributed by atoms with Gasteiger partial charge in [0.2, 0.25) is 0 Å². The van der Waals surface area contributed by atoms with E-state index in [9.17, 15) is 0 Å². The van der Waals surface area contributed by atoms with Gasteiger partial charge in [-0.1, -0.05) is 13.0 Å². The van der Waals surface area contributed by atoms with Gasteiger partial charge in [0.05, 0.1) is 0 Å². The highest BCUT2D eigenvalue weighted by Crippen LogP contribution is 2.27. The zero-order chi connectivity index (χ0) is 13.0. The topological polar surface area (TPSA) is 28.2 Å². The number of nitrogens with zero attached hydrogens (tertiary/aromatic N) is 2. The second-order valence-corrected chi connectivity index (χ2v) is 5.32. The molecule has 3 heteroatoms. The third-order valence-corrected chi connectivity index (χ3v) is 3.96. The van der Waals surface area contributed by atoms with E-state index in [-0.39, 0.29) is 0 Å². The van der Waals surface area contributed by atoms with Crippen molar-refractivity contribution < 1.29 is 0 Å². The molecule has 1 aromatic rings. The summed E-state index contributed by atoms with van der Waals surface area (Å²) in [5.41, 5.74) is 1.27. The summed E-state index contributed by atoms with van der Waals surface area (Å²) < 4.78 is 0. The van der Waals surface area contributed by atoms with Crippen molar-refractivity contribution in [3.05, 3.63) is 23.9 Å². The number of hydrogen-bond donors (Lipinski definition) is 1. The van der Waals surface area contributed by atoms with Gasteiger partial charge in [0.25, 0.3) is 0 Å². The Kier molecular flexibility index (Phi) is 4.59. The van der Waals surface area contributed by atoms with Gasteiger partial charge < -0.3 is 10.2 Å². The summed E-state index contributed by atoms with van der Waals surface area (Å²) in [7, 11) is 2.16. The number of rotatable bonds is 6. The minimum absolute atomic E-state index is 0.389. The van der Waals surface area contributed by atoms with Gasteiger partial charge >= 0.3 is 0 Å². The molecule has 1 unspecified atom stereocenters. The molecule has 0 spiro atoms. The van der Waals surface area contributed by atoms with Crippen molar-refractivity contribution in [3.8, 4) is 0 Å². The van der Waals surface area contributed by atoms with Crippen molar-refractivity contribution in [2.75, 3.05) is 18.5 Å². The molecule has 1 aliphatic carbocycles. The highest BCUT2D eigenvalue weighted by atomic mass is 15.2. The number of aromatic nitrogens is 1. The number of hydrogen-bond acceptors (Lipinski definition) is 3. The average molecular weight is 247 g/mol. The van der Waals surface area contributed by atoms with Crippen LogP contribution >= 0.6 is 0 Å². The van der Waals surface area contributed by atoms with Gasteiger partial charge in [0, 0.05) is 25.3 Å². The zero-order valence-electron chi connectivity index (χ0n) is 11.8. The Morgan fingerprint density at radius 3 is 2.72 bits per heavy atom. The van der Waals surface area contributed by atoms with Crippen molar-refractivity contribution in [2.45, 2.75) is 51.6 Å². The first-order chi connectivity index (χ1) is 8.72. The first kappa shape index (κ1) is 13.3. The minimum Gasteiger partial charge on any atom is -0.357 e. The highest BCUT2D eigenvalue weighted by Gasteiger charge is 2.22. The third kappa shape index (κ3) is 3.02. The summed E-state index contributed by atoms with van der Waals surface area (Å²) in [4.78, 5) is 6.91. The third-order valence-electron chi connectivity index (χ3n) is 3.96. The lowest BCUT2D eigenvalue weighted by Gasteiger charge is -2.35. The van der Waals surface area contributed by atoms with E-state index < -0.39 is 0 Å². The fraction of sp³-hybridized carbons (Fsp3) is 0.667. The van der Waals surface area contributed by atoms with Gasteiger partial charge in [0.1, 0.15) is 5.82 Å². The summed E-state index contributed by atoms with van der Waals surface area (Å²) in [5.74, 6) is 1.10. The predicted octanol–water partition coefficient (Wildman–Crippen LogP) is 3.13. The molecule has 0 radical (unpaired) electrons. The predicted molar refractivity (Wildman–Crippen MR) is 77.0 cm³/mol. The molecular formula is C15H25N3. The van der Waals surface area contributed by atoms with Crippen LogP contribution in [0.15, 0.2) is 18.3 Å². The van der Waals surface area contributed by atoms with Gasteiger partial charge in [-0.3, -0.25) is 0 Å². The van der Waals surface area contributed by atoms with Crippen molar-refractivity contribution in [1.29, 1.82) is 0 Å². The van der Waals surface area contributed by atoms with Crippen molar-refractivity contribution >= 4 is 5.82 Å². The van der Waals surface area contributed by atoms with Gasteiger partial charge in [-0.05, 0) is 50.8 Å². The molecule has 100 valence electrons. The van der Waals surface area contributed by atoms with E-state index >= 15 is 0 Å². The Morgan fingerprint density at radius 1 is 1.44 bits per heavy atom. The molecule has 0 amide bonds. The lowest BCUT2D eigenvalue weighted by atomic mass is 9.92. The molecule has 1 atom stereocenters. The molecule has 18 heavy (non-hydrogen) atoms. The smallest absolute Gasteiger partial charge is 0.128 e. The Balaban J connectivity index is 1.95. The number of nitrogens with one attached hydrogen (secondary N) is 1. The van der Waals surface area contributed by atoms with Crippen molar-refractivity contribution in [1.82, 2.24) is 10.3 Å². The SMILES string of the molecule is CCCNC(C)c1ccc(N(C)C2CCC2)nc1. The van der Waals surface area contributed by atoms with Crippen LogP contribution in [0.2, 0.25) is 0 Å². The van der Waals surface area contributed by atoms with Crippen molar-refractivity contribution in [3.63, 3.8) is 0 Å². The standard InChI is InChI=1S/C15H25N3/c1-4-10-16-12(2)13-8-9-15(17-11-13)18(3)14-6-5-7-14/h8-9,11-12,14,16H,4-7,10H2,1-3H3. The Hall–Kier alpha value is -1.09. The molecule has 1 saturated carbocycles. The molecule has 1 aliphatic rings. The monoisotopic (exact) mass is 247 g/mol. The molecule has 1 N–H and O–H groups in total. The molecule has 0 aliphatic heterocycles. The molecule has 0 bridgehead atoms. The van der Waals surface area contributed by atoms with Gasteiger partial charge in [0.15, 0.2) is 0 Å². The molecular weight excluding hydrogens is 222 g/mol. The van der Waals surface area contributed by atoms with E-state index in [1.165, 1.54) is 31.2 Å². The second-order valence-electron chi connectivity index (χ2n) is 5.32. The average Bonchev–Trinajstić information content (AvgIpc) is 2.34. The maximum atomic E-state index is 4.60. The van der Waals surface area contributed by atoms with E-state index in [0.29, 0.717) is 12.1 Å². The van der Waals surface area contributed by atoms with Gasteiger partial charge in [-0.15, -0.1) is 0 Å². The summed E-state index contributed by atoms with van der Waals surface area (Å²) in [5, 5.41) is 3.49. The fourth-order valence-electron chi connectivity index (χ4n) is 2.30. The van der Waals surface area contributed by atoms with Crippen LogP contribution in [0.1, 0.15) is 51.1 Å². The van der Waals surface area contributed by atoms with Crippen LogP contribution in [0.25, 0.3) is 0 Å². The maximum Gasteiger partial charge on any atom is 0.128 e. The highest BCUT2D eigenvalue weighted by molar-refractivity contribution is 5.40. The van der Waals surface area contributed by atoms with Crippen LogP contribution in [0.4, 0.5) is 5.82 Å². The quantitative estimate of drug-likeness (QED) is 0.837. The second kappa shape index (κ2) is 6.19. The van der Waals surface area contributed by atoms with E-state index in [2.05, 4.69) is 48.2 Å². The molecule has 1 aromatic heterocycles. The van der Waals surface area contributed by atoms with Crippen LogP contribution in [0, 0.1) is 0 Å². The first-order valence-electron chi connectivity index (χ1n) is 7.14. The van der Waals surface area contributed by atoms with Crippen LogP contribution in [-0.2, 0) is 0 Å². The van der Waals surface area contributed by atoms with Crippen LogP contribution in [0.5, 0.6) is 0 Å². The Labute approximate surface area is 111 Å². The van der Waals surface area contributed by atoms with Crippen molar-refractivity contribution in [2.24, 2.45) is 0 Å². The van der Waals surface area contributed by atoms with Gasteiger partial charge in [-0.2, -0.15) is 0 Å². The van der Waals surface area contributed by atoms with Gasteiger partial charge in [-0.25, -0.2) is 4.98 Å². The molecule has 1 fully saturated rings. The lowest BCUT2D eigenvalue weighted by molar-refractivity contribution is 0.399. The first-order valence-corrected chi connectivity index (χ1v) is 7.14. The lowest BCUT2D eigenvalue weighted by Crippen LogP contribution is -2.37. The number of pyridine rings is 1. The molecule has 2 rings (SSSR count). The van der Waals surface area contributed by atoms with E-state index in [1.54, 1.807) is 0 Å². The largest absolute Gasteiger partial charge is 0.357 e. The summed E-state index contributed by atoms with van der Waals surface area (Å²) >= 11 is 0. The Bertz CT molecular complexity index is 357. The number of anilines is 1. The van der Waals surface area contributed by atoms with Crippen LogP contribution < -0.4 is 10.2 Å². The summed E-state index contributed by atoms with van der Waals surface area (Å²) in [6.07, 6.45) is 7.17. The maximum absolute atomic E-state index is 4.60. The minimum atomic E-state index is 0.389. The zero-order valence-corrected chi connectivity index (χ0v) is 11.8. The van der Waals surface area contributed by atoms with E-state index in [0.717, 1.165) is 12.4 Å². The molecule has 0 saturated heterocycles. The van der Waals surface area contributed by atoms with Crippen LogP contribution in [0.3, 0.4) is 0 Å². The normalized spacial score (nSPS) is 17.3. The molecule has 0 aromatic carbocycles. The Morgan fingerprint density at radius 2 is 2.22 bits per heavy atom.